The molecule has 0 radical (unpaired) electrons. The molecule has 0 aliphatic carbocycles. The van der Waals surface area contributed by atoms with Gasteiger partial charge in [0.25, 0.3) is 0 Å². The van der Waals surface area contributed by atoms with Crippen molar-refractivity contribution >= 4 is 32.7 Å². The lowest BCUT2D eigenvalue weighted by molar-refractivity contribution is 0.509. The van der Waals surface area contributed by atoms with E-state index in [9.17, 15) is 17.2 Å². The zero-order chi connectivity index (χ0) is 15.6. The number of imidazole rings is 1. The predicted octanol–water partition coefficient (Wildman–Crippen LogP) is 1.64. The highest BCUT2D eigenvalue weighted by Gasteiger charge is 2.17. The van der Waals surface area contributed by atoms with Crippen LogP contribution in [0.4, 0.5) is 8.78 Å². The summed E-state index contributed by atoms with van der Waals surface area (Å²) < 4.78 is 53.2. The molecule has 9 heteroatoms. The van der Waals surface area contributed by atoms with E-state index in [-0.39, 0.29) is 24.5 Å². The van der Waals surface area contributed by atoms with Crippen molar-refractivity contribution in [3.05, 3.63) is 29.6 Å². The van der Waals surface area contributed by atoms with Crippen LogP contribution in [0.15, 0.2) is 12.1 Å². The SMILES string of the molecule is CS(=O)(=O)NCCn1c(CCCl)nc2ccc(F)c(F)c21. The van der Waals surface area contributed by atoms with E-state index in [4.69, 9.17) is 11.6 Å². The normalized spacial score (nSPS) is 12.2. The van der Waals surface area contributed by atoms with Crippen LogP contribution in [0.25, 0.3) is 11.0 Å². The van der Waals surface area contributed by atoms with Crippen molar-refractivity contribution < 1.29 is 17.2 Å². The zero-order valence-corrected chi connectivity index (χ0v) is 12.8. The first-order chi connectivity index (χ1) is 9.83. The smallest absolute Gasteiger partial charge is 0.208 e. The number of nitrogens with one attached hydrogen (secondary N) is 1. The molecule has 21 heavy (non-hydrogen) atoms. The van der Waals surface area contributed by atoms with E-state index in [0.29, 0.717) is 17.8 Å². The van der Waals surface area contributed by atoms with Gasteiger partial charge in [0.15, 0.2) is 11.6 Å². The maximum absolute atomic E-state index is 14.0. The number of benzene rings is 1. The molecular weight excluding hydrogens is 324 g/mol. The largest absolute Gasteiger partial charge is 0.324 e. The number of fused-ring (bicyclic) bond motifs is 1. The van der Waals surface area contributed by atoms with Gasteiger partial charge in [-0.3, -0.25) is 0 Å². The van der Waals surface area contributed by atoms with Crippen LogP contribution in [0.1, 0.15) is 5.82 Å². The van der Waals surface area contributed by atoms with Gasteiger partial charge in [-0.15, -0.1) is 11.6 Å². The second kappa shape index (κ2) is 6.25. The van der Waals surface area contributed by atoms with Gasteiger partial charge in [-0.2, -0.15) is 0 Å². The van der Waals surface area contributed by atoms with Crippen molar-refractivity contribution in [2.24, 2.45) is 0 Å². The number of hydrogen-bond donors (Lipinski definition) is 1. The molecule has 0 amide bonds. The van der Waals surface area contributed by atoms with Gasteiger partial charge in [-0.1, -0.05) is 0 Å². The first kappa shape index (κ1) is 16.1. The minimum absolute atomic E-state index is 0.0189. The number of nitrogens with zero attached hydrogens (tertiary/aromatic N) is 2. The number of alkyl halides is 1. The molecule has 0 aliphatic rings. The molecule has 0 fully saturated rings. The molecule has 0 atom stereocenters. The van der Waals surface area contributed by atoms with Crippen molar-refractivity contribution in [1.29, 1.82) is 0 Å². The summed E-state index contributed by atoms with van der Waals surface area (Å²) in [5.74, 6) is -1.22. The molecule has 1 N–H and O–H groups in total. The maximum atomic E-state index is 14.0. The van der Waals surface area contributed by atoms with Crippen molar-refractivity contribution in [1.82, 2.24) is 14.3 Å². The Labute approximate surface area is 126 Å². The minimum Gasteiger partial charge on any atom is -0.324 e. The van der Waals surface area contributed by atoms with Crippen LogP contribution < -0.4 is 4.72 Å². The minimum atomic E-state index is -3.35. The third kappa shape index (κ3) is 3.69. The summed E-state index contributed by atoms with van der Waals surface area (Å²) in [6.07, 6.45) is 1.40. The van der Waals surface area contributed by atoms with Gasteiger partial charge in [0.05, 0.1) is 11.8 Å². The van der Waals surface area contributed by atoms with E-state index >= 15 is 0 Å². The highest BCUT2D eigenvalue weighted by atomic mass is 35.5. The van der Waals surface area contributed by atoms with Crippen molar-refractivity contribution in [3.63, 3.8) is 0 Å². The molecule has 116 valence electrons. The molecular formula is C12H14ClF2N3O2S. The number of halogens is 3. The number of aromatic nitrogens is 2. The molecule has 0 unspecified atom stereocenters. The summed E-state index contributed by atoms with van der Waals surface area (Å²) in [7, 11) is -3.35. The van der Waals surface area contributed by atoms with Gasteiger partial charge in [0.2, 0.25) is 10.0 Å². The number of rotatable bonds is 6. The molecule has 0 aliphatic heterocycles. The maximum Gasteiger partial charge on any atom is 0.208 e. The van der Waals surface area contributed by atoms with E-state index in [2.05, 4.69) is 9.71 Å². The molecule has 0 spiro atoms. The van der Waals surface area contributed by atoms with Gasteiger partial charge < -0.3 is 4.57 Å². The molecule has 2 aromatic rings. The lowest BCUT2D eigenvalue weighted by atomic mass is 10.3. The van der Waals surface area contributed by atoms with E-state index in [1.54, 1.807) is 0 Å². The molecule has 0 saturated heterocycles. The second-order valence-electron chi connectivity index (χ2n) is 4.51. The lowest BCUT2D eigenvalue weighted by Crippen LogP contribution is -2.26. The van der Waals surface area contributed by atoms with E-state index in [1.165, 1.54) is 10.6 Å². The van der Waals surface area contributed by atoms with Crippen LogP contribution in [0.3, 0.4) is 0 Å². The Morgan fingerprint density at radius 1 is 1.38 bits per heavy atom. The fourth-order valence-electron chi connectivity index (χ4n) is 2.06. The van der Waals surface area contributed by atoms with Crippen molar-refractivity contribution in [2.75, 3.05) is 18.7 Å². The Morgan fingerprint density at radius 3 is 2.71 bits per heavy atom. The fraction of sp³-hybridized carbons (Fsp3) is 0.417. The van der Waals surface area contributed by atoms with Crippen molar-refractivity contribution in [2.45, 2.75) is 13.0 Å². The Morgan fingerprint density at radius 2 is 2.10 bits per heavy atom. The molecule has 1 aromatic carbocycles. The highest BCUT2D eigenvalue weighted by Crippen LogP contribution is 2.22. The average Bonchev–Trinajstić information content (AvgIpc) is 2.72. The van der Waals surface area contributed by atoms with Crippen LogP contribution in [0.2, 0.25) is 0 Å². The van der Waals surface area contributed by atoms with E-state index in [1.807, 2.05) is 0 Å². The number of aryl methyl sites for hydroxylation is 1. The Bertz CT molecular complexity index is 761. The van der Waals surface area contributed by atoms with Gasteiger partial charge >= 0.3 is 0 Å². The zero-order valence-electron chi connectivity index (χ0n) is 11.2. The first-order valence-corrected chi connectivity index (χ1v) is 8.60. The Balaban J connectivity index is 2.42. The third-order valence-electron chi connectivity index (χ3n) is 2.90. The second-order valence-corrected chi connectivity index (χ2v) is 6.73. The quantitative estimate of drug-likeness (QED) is 0.815. The van der Waals surface area contributed by atoms with Crippen LogP contribution in [-0.2, 0) is 23.0 Å². The number of hydrogen-bond acceptors (Lipinski definition) is 3. The predicted molar refractivity (Wildman–Crippen MR) is 76.9 cm³/mol. The van der Waals surface area contributed by atoms with Crippen LogP contribution in [-0.4, -0.2) is 36.6 Å². The van der Waals surface area contributed by atoms with Gasteiger partial charge in [-0.05, 0) is 12.1 Å². The average molecular weight is 338 g/mol. The van der Waals surface area contributed by atoms with Crippen molar-refractivity contribution in [3.8, 4) is 0 Å². The van der Waals surface area contributed by atoms with E-state index < -0.39 is 21.7 Å². The summed E-state index contributed by atoms with van der Waals surface area (Å²) in [6.45, 7) is 0.186. The summed E-state index contributed by atoms with van der Waals surface area (Å²) in [4.78, 5) is 4.21. The highest BCUT2D eigenvalue weighted by molar-refractivity contribution is 7.88. The summed E-state index contributed by atoms with van der Waals surface area (Å²) in [5, 5.41) is 0. The van der Waals surface area contributed by atoms with Gasteiger partial charge in [-0.25, -0.2) is 26.9 Å². The summed E-state index contributed by atoms with van der Waals surface area (Å²) in [5.41, 5.74) is 0.332. The fourth-order valence-corrected chi connectivity index (χ4v) is 2.70. The molecule has 0 bridgehead atoms. The van der Waals surface area contributed by atoms with Crippen LogP contribution in [0, 0.1) is 11.6 Å². The molecule has 1 aromatic heterocycles. The van der Waals surface area contributed by atoms with Crippen LogP contribution in [0.5, 0.6) is 0 Å². The Hall–Kier alpha value is -1.25. The van der Waals surface area contributed by atoms with Crippen LogP contribution >= 0.6 is 11.6 Å². The molecule has 5 nitrogen and oxygen atoms in total. The third-order valence-corrected chi connectivity index (χ3v) is 3.81. The summed E-state index contributed by atoms with van der Waals surface area (Å²) in [6, 6.07) is 2.39. The van der Waals surface area contributed by atoms with Gasteiger partial charge in [0, 0.05) is 25.4 Å². The molecule has 2 rings (SSSR count). The van der Waals surface area contributed by atoms with E-state index in [0.717, 1.165) is 12.3 Å². The standard InChI is InChI=1S/C12H14ClF2N3O2S/c1-21(19,20)16-6-7-18-10(4-5-13)17-9-3-2-8(14)11(15)12(9)18/h2-3,16H,4-7H2,1H3. The topological polar surface area (TPSA) is 64.0 Å². The Kier molecular flexibility index (Phi) is 4.80. The lowest BCUT2D eigenvalue weighted by Gasteiger charge is -2.09. The molecule has 0 saturated carbocycles. The monoisotopic (exact) mass is 337 g/mol. The molecule has 1 heterocycles. The summed E-state index contributed by atoms with van der Waals surface area (Å²) >= 11 is 5.68. The number of sulfonamides is 1. The first-order valence-electron chi connectivity index (χ1n) is 6.17. The van der Waals surface area contributed by atoms with Gasteiger partial charge in [0.1, 0.15) is 11.3 Å².